The van der Waals surface area contributed by atoms with Crippen LogP contribution in [0.2, 0.25) is 0 Å². The largest absolute Gasteiger partial charge is 0.508 e. The van der Waals surface area contributed by atoms with Crippen molar-refractivity contribution in [1.29, 1.82) is 0 Å². The minimum atomic E-state index is 0. The van der Waals surface area contributed by atoms with E-state index in [1.54, 1.807) is 12.1 Å². The molecule has 0 radical (unpaired) electrons. The summed E-state index contributed by atoms with van der Waals surface area (Å²) < 4.78 is 0.857. The molecule has 0 fully saturated rings. The third-order valence-corrected chi connectivity index (χ3v) is 1.83. The van der Waals surface area contributed by atoms with Crippen molar-refractivity contribution in [3.8, 4) is 5.75 Å². The molecule has 0 unspecified atom stereocenters. The molecule has 0 aromatic heterocycles. The molecule has 0 aliphatic heterocycles. The highest BCUT2D eigenvalue weighted by atomic mass is 79.9. The zero-order valence-corrected chi connectivity index (χ0v) is 8.65. The van der Waals surface area contributed by atoms with Crippen molar-refractivity contribution in [3.05, 3.63) is 28.2 Å². The van der Waals surface area contributed by atoms with Gasteiger partial charge in [-0.1, -0.05) is 22.0 Å². The summed E-state index contributed by atoms with van der Waals surface area (Å²) >= 11 is 3.24. The smallest absolute Gasteiger partial charge is 0.121 e. The predicted octanol–water partition coefficient (Wildman–Crippen LogP) is 1.54. The summed E-state index contributed by atoms with van der Waals surface area (Å²) in [4.78, 5) is 0. The van der Waals surface area contributed by atoms with Gasteiger partial charge in [0, 0.05) is 16.6 Å². The van der Waals surface area contributed by atoms with Gasteiger partial charge in [0.05, 0.1) is 0 Å². The Morgan fingerprint density at radius 2 is 2.17 bits per heavy atom. The number of halogens is 2. The van der Waals surface area contributed by atoms with Gasteiger partial charge in [-0.3, -0.25) is 11.3 Å². The third kappa shape index (κ3) is 2.98. The fourth-order valence-corrected chi connectivity index (χ4v) is 1.15. The molecule has 0 heterocycles. The highest BCUT2D eigenvalue weighted by Gasteiger charge is 1.98. The minimum Gasteiger partial charge on any atom is -0.508 e. The first-order valence-corrected chi connectivity index (χ1v) is 3.94. The molecular formula is C7H10BrClN2O. The Morgan fingerprint density at radius 3 is 2.67 bits per heavy atom. The maximum atomic E-state index is 9.30. The lowest BCUT2D eigenvalue weighted by atomic mass is 10.2. The summed E-state index contributed by atoms with van der Waals surface area (Å²) in [6.45, 7) is 0.471. The standard InChI is InChI=1S/C7H9BrN2O.ClH/c8-6-2-1-5(4-10-9)7(11)3-6;/h1-3,10-11H,4,9H2;1H. The second-order valence-corrected chi connectivity index (χ2v) is 3.07. The predicted molar refractivity (Wildman–Crippen MR) is 54.1 cm³/mol. The van der Waals surface area contributed by atoms with Gasteiger partial charge < -0.3 is 5.11 Å². The zero-order chi connectivity index (χ0) is 8.27. The first-order valence-electron chi connectivity index (χ1n) is 3.15. The van der Waals surface area contributed by atoms with Crippen LogP contribution in [0.4, 0.5) is 0 Å². The number of hydrogen-bond acceptors (Lipinski definition) is 3. The number of benzene rings is 1. The van der Waals surface area contributed by atoms with E-state index in [4.69, 9.17) is 5.84 Å². The van der Waals surface area contributed by atoms with E-state index in [0.29, 0.717) is 6.54 Å². The van der Waals surface area contributed by atoms with Crippen LogP contribution in [0.5, 0.6) is 5.75 Å². The molecule has 0 aliphatic rings. The van der Waals surface area contributed by atoms with Gasteiger partial charge in [-0.25, -0.2) is 0 Å². The van der Waals surface area contributed by atoms with Crippen LogP contribution in [0.15, 0.2) is 22.7 Å². The second-order valence-electron chi connectivity index (χ2n) is 2.15. The Balaban J connectivity index is 0.00000121. The molecule has 68 valence electrons. The lowest BCUT2D eigenvalue weighted by Gasteiger charge is -2.02. The van der Waals surface area contributed by atoms with Crippen molar-refractivity contribution >= 4 is 28.3 Å². The van der Waals surface area contributed by atoms with Gasteiger partial charge in [-0.2, -0.15) is 0 Å². The van der Waals surface area contributed by atoms with E-state index in [-0.39, 0.29) is 18.2 Å². The van der Waals surface area contributed by atoms with E-state index >= 15 is 0 Å². The Labute approximate surface area is 85.5 Å². The second kappa shape index (κ2) is 5.37. The van der Waals surface area contributed by atoms with E-state index in [1.165, 1.54) is 0 Å². The number of nitrogens with one attached hydrogen (secondary N) is 1. The van der Waals surface area contributed by atoms with E-state index < -0.39 is 0 Å². The topological polar surface area (TPSA) is 58.3 Å². The lowest BCUT2D eigenvalue weighted by Crippen LogP contribution is -2.20. The zero-order valence-electron chi connectivity index (χ0n) is 6.25. The monoisotopic (exact) mass is 252 g/mol. The van der Waals surface area contributed by atoms with E-state index in [2.05, 4.69) is 21.4 Å². The number of phenolic OH excluding ortho intramolecular Hbond substituents is 1. The number of phenols is 1. The van der Waals surface area contributed by atoms with Gasteiger partial charge in [-0.15, -0.1) is 12.4 Å². The van der Waals surface area contributed by atoms with Gasteiger partial charge in [0.15, 0.2) is 0 Å². The van der Waals surface area contributed by atoms with Gasteiger partial charge in [0.2, 0.25) is 0 Å². The Hall–Kier alpha value is -0.290. The molecule has 1 aromatic carbocycles. The van der Waals surface area contributed by atoms with Crippen molar-refractivity contribution in [3.63, 3.8) is 0 Å². The van der Waals surface area contributed by atoms with Gasteiger partial charge in [0.1, 0.15) is 5.75 Å². The number of aromatic hydroxyl groups is 1. The molecular weight excluding hydrogens is 243 g/mol. The van der Waals surface area contributed by atoms with Crippen LogP contribution < -0.4 is 11.3 Å². The van der Waals surface area contributed by atoms with Crippen LogP contribution in [0.3, 0.4) is 0 Å². The van der Waals surface area contributed by atoms with E-state index in [9.17, 15) is 5.11 Å². The quantitative estimate of drug-likeness (QED) is 0.553. The molecule has 0 amide bonds. The summed E-state index contributed by atoms with van der Waals surface area (Å²) in [6.07, 6.45) is 0. The third-order valence-electron chi connectivity index (χ3n) is 1.34. The molecule has 1 aromatic rings. The molecule has 12 heavy (non-hydrogen) atoms. The van der Waals surface area contributed by atoms with Crippen LogP contribution in [0, 0.1) is 0 Å². The normalized spacial score (nSPS) is 9.17. The first-order chi connectivity index (χ1) is 5.24. The lowest BCUT2D eigenvalue weighted by molar-refractivity contribution is 0.464. The van der Waals surface area contributed by atoms with Crippen LogP contribution in [0.25, 0.3) is 0 Å². The SMILES string of the molecule is Cl.NNCc1ccc(Br)cc1O. The molecule has 5 heteroatoms. The average Bonchev–Trinajstić information content (AvgIpc) is 1.95. The Morgan fingerprint density at radius 1 is 1.50 bits per heavy atom. The fourth-order valence-electron chi connectivity index (χ4n) is 0.796. The van der Waals surface area contributed by atoms with Crippen molar-refractivity contribution in [2.45, 2.75) is 6.54 Å². The molecule has 0 aliphatic carbocycles. The summed E-state index contributed by atoms with van der Waals surface area (Å²) in [7, 11) is 0. The van der Waals surface area contributed by atoms with Gasteiger partial charge >= 0.3 is 0 Å². The van der Waals surface area contributed by atoms with Crippen LogP contribution in [-0.4, -0.2) is 5.11 Å². The summed E-state index contributed by atoms with van der Waals surface area (Å²) in [5.74, 6) is 5.34. The molecule has 0 bridgehead atoms. The van der Waals surface area contributed by atoms with E-state index in [1.807, 2.05) is 6.07 Å². The summed E-state index contributed by atoms with van der Waals surface area (Å²) in [5, 5.41) is 9.30. The molecule has 3 nitrogen and oxygen atoms in total. The van der Waals surface area contributed by atoms with Crippen molar-refractivity contribution in [2.75, 3.05) is 0 Å². The highest BCUT2D eigenvalue weighted by molar-refractivity contribution is 9.10. The van der Waals surface area contributed by atoms with E-state index in [0.717, 1.165) is 10.0 Å². The number of nitrogens with two attached hydrogens (primary N) is 1. The van der Waals surface area contributed by atoms with Gasteiger partial charge in [-0.05, 0) is 12.1 Å². The number of hydrazine groups is 1. The van der Waals surface area contributed by atoms with Crippen molar-refractivity contribution < 1.29 is 5.11 Å². The molecule has 0 saturated carbocycles. The maximum Gasteiger partial charge on any atom is 0.121 e. The maximum absolute atomic E-state index is 9.30. The number of rotatable bonds is 2. The average molecular weight is 254 g/mol. The molecule has 4 N–H and O–H groups in total. The molecule has 1 rings (SSSR count). The van der Waals surface area contributed by atoms with Gasteiger partial charge in [0.25, 0.3) is 0 Å². The van der Waals surface area contributed by atoms with Crippen molar-refractivity contribution in [2.24, 2.45) is 5.84 Å². The van der Waals surface area contributed by atoms with Crippen LogP contribution >= 0.6 is 28.3 Å². The summed E-state index contributed by atoms with van der Waals surface area (Å²) in [6, 6.07) is 5.29. The van der Waals surface area contributed by atoms with Crippen molar-refractivity contribution in [1.82, 2.24) is 5.43 Å². The van der Waals surface area contributed by atoms with Crippen LogP contribution in [-0.2, 0) is 6.54 Å². The number of hydrogen-bond donors (Lipinski definition) is 3. The molecule has 0 spiro atoms. The molecule has 0 saturated heterocycles. The minimum absolute atomic E-state index is 0. The Kier molecular flexibility index (Phi) is 5.24. The Bertz CT molecular complexity index is 257. The fraction of sp³-hybridized carbons (Fsp3) is 0.143. The summed E-state index contributed by atoms with van der Waals surface area (Å²) in [5.41, 5.74) is 3.26. The van der Waals surface area contributed by atoms with Crippen LogP contribution in [0.1, 0.15) is 5.56 Å². The molecule has 0 atom stereocenters. The first kappa shape index (κ1) is 11.7. The highest BCUT2D eigenvalue weighted by Crippen LogP contribution is 2.21.